The smallest absolute Gasteiger partial charge is 0.233 e. The van der Waals surface area contributed by atoms with E-state index < -0.39 is 0 Å². The van der Waals surface area contributed by atoms with Crippen LogP contribution in [0, 0.1) is 0 Å². The van der Waals surface area contributed by atoms with Crippen LogP contribution in [0.4, 0.5) is 0 Å². The van der Waals surface area contributed by atoms with Gasteiger partial charge in [0.1, 0.15) is 0 Å². The van der Waals surface area contributed by atoms with Crippen LogP contribution in [-0.4, -0.2) is 5.91 Å². The van der Waals surface area contributed by atoms with Crippen molar-refractivity contribution in [1.29, 1.82) is 0 Å². The Labute approximate surface area is 83.3 Å². The largest absolute Gasteiger partial charge is 0.324 e. The van der Waals surface area contributed by atoms with Gasteiger partial charge in [-0.15, -0.1) is 0 Å². The van der Waals surface area contributed by atoms with Gasteiger partial charge in [0.15, 0.2) is 0 Å². The number of carbonyl (C=O) groups excluding carboxylic acids is 1. The normalized spacial score (nSPS) is 12.1. The van der Waals surface area contributed by atoms with Gasteiger partial charge in [0, 0.05) is 12.5 Å². The van der Waals surface area contributed by atoms with E-state index in [1.54, 1.807) is 0 Å². The van der Waals surface area contributed by atoms with Crippen LogP contribution in [0.15, 0.2) is 30.3 Å². The fraction of sp³-hybridized carbons (Fsp3) is 0.300. The highest BCUT2D eigenvalue weighted by atomic mass is 16.2. The molecule has 1 amide bonds. The lowest BCUT2D eigenvalue weighted by molar-refractivity contribution is -0.121. The average Bonchev–Trinajstić information content (AvgIpc) is 2.26. The number of amides is 1. The molecule has 0 fully saturated rings. The van der Waals surface area contributed by atoms with Crippen molar-refractivity contribution in [2.45, 2.75) is 18.9 Å². The van der Waals surface area contributed by atoms with Gasteiger partial charge in [-0.3, -0.25) is 10.2 Å². The molecule has 1 rings (SSSR count). The van der Waals surface area contributed by atoms with Gasteiger partial charge in [-0.2, -0.15) is 0 Å². The second kappa shape index (κ2) is 5.36. The Morgan fingerprint density at radius 2 is 2.00 bits per heavy atom. The molecule has 0 spiro atoms. The highest BCUT2D eigenvalue weighted by Crippen LogP contribution is 2.14. The summed E-state index contributed by atoms with van der Waals surface area (Å²) >= 11 is 0. The van der Waals surface area contributed by atoms with Crippen molar-refractivity contribution in [2.24, 2.45) is 11.6 Å². The molecule has 0 aliphatic heterocycles. The van der Waals surface area contributed by atoms with E-state index in [1.165, 1.54) is 0 Å². The highest BCUT2D eigenvalue weighted by molar-refractivity contribution is 5.75. The standard InChI is InChI=1S/C10H15N3O/c11-9(6-7-10(14)13-12)8-4-2-1-3-5-8/h1-5,9H,6-7,11-12H2,(H,13,14). The summed E-state index contributed by atoms with van der Waals surface area (Å²) in [5, 5.41) is 0. The molecule has 1 aromatic rings. The van der Waals surface area contributed by atoms with Crippen molar-refractivity contribution in [3.8, 4) is 0 Å². The van der Waals surface area contributed by atoms with Crippen LogP contribution >= 0.6 is 0 Å². The molecule has 5 N–H and O–H groups in total. The predicted molar refractivity (Wildman–Crippen MR) is 54.9 cm³/mol. The van der Waals surface area contributed by atoms with E-state index in [1.807, 2.05) is 30.3 Å². The summed E-state index contributed by atoms with van der Waals surface area (Å²) in [5.74, 6) is 4.77. The van der Waals surface area contributed by atoms with Gasteiger partial charge >= 0.3 is 0 Å². The van der Waals surface area contributed by atoms with Gasteiger partial charge in [-0.25, -0.2) is 5.84 Å². The number of hydrogen-bond donors (Lipinski definition) is 3. The van der Waals surface area contributed by atoms with E-state index in [9.17, 15) is 4.79 Å². The quantitative estimate of drug-likeness (QED) is 0.369. The molecule has 0 bridgehead atoms. The zero-order valence-corrected chi connectivity index (χ0v) is 7.94. The van der Waals surface area contributed by atoms with Crippen molar-refractivity contribution in [3.63, 3.8) is 0 Å². The number of nitrogens with two attached hydrogens (primary N) is 2. The van der Waals surface area contributed by atoms with Crippen molar-refractivity contribution < 1.29 is 4.79 Å². The van der Waals surface area contributed by atoms with Crippen LogP contribution in [0.25, 0.3) is 0 Å². The molecule has 1 aromatic carbocycles. The van der Waals surface area contributed by atoms with Gasteiger partial charge in [0.2, 0.25) is 5.91 Å². The minimum absolute atomic E-state index is 0.103. The molecule has 1 atom stereocenters. The average molecular weight is 193 g/mol. The monoisotopic (exact) mass is 193 g/mol. The molecule has 0 saturated heterocycles. The lowest BCUT2D eigenvalue weighted by Gasteiger charge is -2.10. The summed E-state index contributed by atoms with van der Waals surface area (Å²) in [6.07, 6.45) is 0.958. The molecule has 0 aromatic heterocycles. The molecule has 76 valence electrons. The highest BCUT2D eigenvalue weighted by Gasteiger charge is 2.07. The molecule has 0 aliphatic rings. The summed E-state index contributed by atoms with van der Waals surface area (Å²) in [6, 6.07) is 9.59. The third-order valence-electron chi connectivity index (χ3n) is 2.07. The van der Waals surface area contributed by atoms with Crippen LogP contribution in [0.5, 0.6) is 0 Å². The van der Waals surface area contributed by atoms with Gasteiger partial charge in [-0.05, 0) is 12.0 Å². The molecule has 0 aliphatic carbocycles. The Bertz CT molecular complexity index is 287. The fourth-order valence-electron chi connectivity index (χ4n) is 1.23. The van der Waals surface area contributed by atoms with Crippen molar-refractivity contribution in [2.75, 3.05) is 0 Å². The van der Waals surface area contributed by atoms with Gasteiger partial charge in [0.25, 0.3) is 0 Å². The Balaban J connectivity index is 2.43. The van der Waals surface area contributed by atoms with Crippen molar-refractivity contribution >= 4 is 5.91 Å². The molecule has 4 heteroatoms. The van der Waals surface area contributed by atoms with Crippen LogP contribution in [0.1, 0.15) is 24.4 Å². The summed E-state index contributed by atoms with van der Waals surface area (Å²) in [4.78, 5) is 10.9. The second-order valence-electron chi connectivity index (χ2n) is 3.12. The first-order valence-corrected chi connectivity index (χ1v) is 4.54. The van der Waals surface area contributed by atoms with Crippen LogP contribution < -0.4 is 17.0 Å². The number of hydrazine groups is 1. The van der Waals surface area contributed by atoms with Crippen molar-refractivity contribution in [3.05, 3.63) is 35.9 Å². The Kier molecular flexibility index (Phi) is 4.10. The van der Waals surface area contributed by atoms with Gasteiger partial charge in [-0.1, -0.05) is 30.3 Å². The first-order valence-electron chi connectivity index (χ1n) is 4.54. The number of nitrogens with one attached hydrogen (secondary N) is 1. The third-order valence-corrected chi connectivity index (χ3v) is 2.07. The van der Waals surface area contributed by atoms with E-state index in [0.29, 0.717) is 12.8 Å². The third kappa shape index (κ3) is 3.16. The first-order chi connectivity index (χ1) is 6.74. The zero-order chi connectivity index (χ0) is 10.4. The summed E-state index contributed by atoms with van der Waals surface area (Å²) in [6.45, 7) is 0. The topological polar surface area (TPSA) is 81.1 Å². The lowest BCUT2D eigenvalue weighted by atomic mass is 10.0. The minimum Gasteiger partial charge on any atom is -0.324 e. The maximum Gasteiger partial charge on any atom is 0.233 e. The van der Waals surface area contributed by atoms with E-state index in [4.69, 9.17) is 11.6 Å². The Hall–Kier alpha value is -1.39. The molecule has 0 radical (unpaired) electrons. The van der Waals surface area contributed by atoms with E-state index in [-0.39, 0.29) is 11.9 Å². The fourth-order valence-corrected chi connectivity index (χ4v) is 1.23. The van der Waals surface area contributed by atoms with Crippen LogP contribution in [0.2, 0.25) is 0 Å². The zero-order valence-electron chi connectivity index (χ0n) is 7.94. The van der Waals surface area contributed by atoms with Gasteiger partial charge in [0.05, 0.1) is 0 Å². The number of carbonyl (C=O) groups is 1. The first kappa shape index (κ1) is 10.7. The molecule has 14 heavy (non-hydrogen) atoms. The maximum absolute atomic E-state index is 10.9. The van der Waals surface area contributed by atoms with Gasteiger partial charge < -0.3 is 5.73 Å². The summed E-state index contributed by atoms with van der Waals surface area (Å²) in [5.41, 5.74) is 8.99. The molecular weight excluding hydrogens is 178 g/mol. The predicted octanol–water partition coefficient (Wildman–Crippen LogP) is 0.457. The molecule has 1 unspecified atom stereocenters. The second-order valence-corrected chi connectivity index (χ2v) is 3.12. The summed E-state index contributed by atoms with van der Waals surface area (Å²) in [7, 11) is 0. The van der Waals surface area contributed by atoms with Crippen molar-refractivity contribution in [1.82, 2.24) is 5.43 Å². The molecule has 0 heterocycles. The Morgan fingerprint density at radius 3 is 2.57 bits per heavy atom. The number of rotatable bonds is 4. The summed E-state index contributed by atoms with van der Waals surface area (Å²) < 4.78 is 0. The minimum atomic E-state index is -0.184. The van der Waals surface area contributed by atoms with E-state index >= 15 is 0 Å². The Morgan fingerprint density at radius 1 is 1.36 bits per heavy atom. The molecule has 4 nitrogen and oxygen atoms in total. The SMILES string of the molecule is NNC(=O)CCC(N)c1ccccc1. The van der Waals surface area contributed by atoms with Crippen LogP contribution in [-0.2, 0) is 4.79 Å². The maximum atomic E-state index is 10.9. The number of benzene rings is 1. The lowest BCUT2D eigenvalue weighted by Crippen LogP contribution is -2.30. The molecule has 0 saturated carbocycles. The van der Waals surface area contributed by atoms with E-state index in [2.05, 4.69) is 5.43 Å². The van der Waals surface area contributed by atoms with Crippen LogP contribution in [0.3, 0.4) is 0 Å². The molecular formula is C10H15N3O. The number of hydrogen-bond acceptors (Lipinski definition) is 3. The van der Waals surface area contributed by atoms with E-state index in [0.717, 1.165) is 5.56 Å².